The largest absolute Gasteiger partial charge is 0.493 e. The normalized spacial score (nSPS) is 10.8. The molecule has 9 heteroatoms. The van der Waals surface area contributed by atoms with Crippen LogP contribution in [0.25, 0.3) is 0 Å². The number of amides is 1. The fourth-order valence-electron chi connectivity index (χ4n) is 2.61. The van der Waals surface area contributed by atoms with Crippen LogP contribution in [-0.2, 0) is 11.4 Å². The number of rotatable bonds is 9. The van der Waals surface area contributed by atoms with Crippen molar-refractivity contribution in [1.29, 1.82) is 0 Å². The number of halogens is 3. The van der Waals surface area contributed by atoms with Crippen LogP contribution in [0.2, 0.25) is 5.02 Å². The number of hydrogen-bond acceptors (Lipinski definition) is 5. The minimum Gasteiger partial charge on any atom is -0.493 e. The summed E-state index contributed by atoms with van der Waals surface area (Å²) in [5.74, 6) is 0.602. The van der Waals surface area contributed by atoms with Crippen molar-refractivity contribution in [2.24, 2.45) is 5.10 Å². The molecule has 0 aromatic heterocycles. The molecule has 0 unspecified atom stereocenters. The molecule has 0 heterocycles. The zero-order valence-corrected chi connectivity index (χ0v) is 19.3. The maximum atomic E-state index is 13.8. The Bertz CT molecular complexity index is 1110. The van der Waals surface area contributed by atoms with Crippen molar-refractivity contribution in [2.45, 2.75) is 6.61 Å². The molecule has 166 valence electrons. The van der Waals surface area contributed by atoms with E-state index in [1.807, 2.05) is 0 Å². The SMILES string of the molecule is COc1cc(/C=N\NC(=O)COc2ccc(Cl)cc2)cc(Br)c1OCc1ccccc1F. The summed E-state index contributed by atoms with van der Waals surface area (Å²) in [6.07, 6.45) is 1.45. The lowest BCUT2D eigenvalue weighted by molar-refractivity contribution is -0.123. The van der Waals surface area contributed by atoms with Crippen LogP contribution in [0.5, 0.6) is 17.2 Å². The number of benzene rings is 3. The molecule has 0 saturated carbocycles. The lowest BCUT2D eigenvalue weighted by atomic mass is 10.2. The van der Waals surface area contributed by atoms with Crippen LogP contribution >= 0.6 is 27.5 Å². The van der Waals surface area contributed by atoms with Crippen LogP contribution in [0, 0.1) is 5.82 Å². The first kappa shape index (κ1) is 23.6. The Labute approximate surface area is 198 Å². The summed E-state index contributed by atoms with van der Waals surface area (Å²) in [5, 5.41) is 4.51. The molecule has 1 N–H and O–H groups in total. The number of carbonyl (C=O) groups excluding carboxylic acids is 1. The number of nitrogens with one attached hydrogen (secondary N) is 1. The van der Waals surface area contributed by atoms with Gasteiger partial charge in [-0.1, -0.05) is 29.8 Å². The minimum atomic E-state index is -0.424. The number of hydrogen-bond donors (Lipinski definition) is 1. The van der Waals surface area contributed by atoms with Gasteiger partial charge in [0.1, 0.15) is 18.2 Å². The molecule has 3 aromatic carbocycles. The molecule has 0 bridgehead atoms. The zero-order chi connectivity index (χ0) is 22.9. The van der Waals surface area contributed by atoms with Crippen LogP contribution in [-0.4, -0.2) is 25.8 Å². The molecule has 0 aliphatic heterocycles. The molecule has 6 nitrogen and oxygen atoms in total. The zero-order valence-electron chi connectivity index (χ0n) is 17.0. The molecule has 0 aliphatic carbocycles. The Morgan fingerprint density at radius 1 is 1.16 bits per heavy atom. The maximum absolute atomic E-state index is 13.8. The highest BCUT2D eigenvalue weighted by Gasteiger charge is 2.13. The van der Waals surface area contributed by atoms with Crippen molar-refractivity contribution >= 4 is 39.7 Å². The number of nitrogens with zero attached hydrogens (tertiary/aromatic N) is 1. The van der Waals surface area contributed by atoms with Crippen LogP contribution in [0.4, 0.5) is 4.39 Å². The van der Waals surface area contributed by atoms with E-state index in [4.69, 9.17) is 25.8 Å². The van der Waals surface area contributed by atoms with E-state index in [1.165, 1.54) is 19.4 Å². The molecule has 0 radical (unpaired) electrons. The van der Waals surface area contributed by atoms with Gasteiger partial charge in [-0.15, -0.1) is 0 Å². The number of carbonyl (C=O) groups is 1. The van der Waals surface area contributed by atoms with Gasteiger partial charge in [-0.25, -0.2) is 9.82 Å². The van der Waals surface area contributed by atoms with Crippen molar-refractivity contribution in [1.82, 2.24) is 5.43 Å². The number of methoxy groups -OCH3 is 1. The van der Waals surface area contributed by atoms with Gasteiger partial charge >= 0.3 is 0 Å². The van der Waals surface area contributed by atoms with Crippen molar-refractivity contribution in [2.75, 3.05) is 13.7 Å². The predicted molar refractivity (Wildman–Crippen MR) is 124 cm³/mol. The van der Waals surface area contributed by atoms with E-state index in [2.05, 4.69) is 26.5 Å². The lowest BCUT2D eigenvalue weighted by Crippen LogP contribution is -2.24. The minimum absolute atomic E-state index is 0.0404. The standard InChI is InChI=1S/C23H19BrClFN2O4/c1-30-21-11-15(10-19(24)23(21)32-13-16-4-2-3-5-20(16)26)12-27-28-22(29)14-31-18-8-6-17(25)7-9-18/h2-12H,13-14H2,1H3,(H,28,29)/b27-12-. The van der Waals surface area contributed by atoms with Crippen molar-refractivity contribution < 1.29 is 23.4 Å². The topological polar surface area (TPSA) is 69.2 Å². The summed E-state index contributed by atoms with van der Waals surface area (Å²) >= 11 is 9.24. The average molecular weight is 522 g/mol. The van der Waals surface area contributed by atoms with Gasteiger partial charge in [0.15, 0.2) is 18.1 Å². The fourth-order valence-corrected chi connectivity index (χ4v) is 3.31. The van der Waals surface area contributed by atoms with E-state index in [1.54, 1.807) is 54.6 Å². The van der Waals surface area contributed by atoms with E-state index < -0.39 is 5.91 Å². The van der Waals surface area contributed by atoms with E-state index in [-0.39, 0.29) is 19.0 Å². The highest BCUT2D eigenvalue weighted by atomic mass is 79.9. The smallest absolute Gasteiger partial charge is 0.277 e. The van der Waals surface area contributed by atoms with Crippen LogP contribution in [0.15, 0.2) is 70.2 Å². The summed E-state index contributed by atoms with van der Waals surface area (Å²) in [6, 6.07) is 16.5. The van der Waals surface area contributed by atoms with Gasteiger partial charge < -0.3 is 14.2 Å². The predicted octanol–water partition coefficient (Wildman–Crippen LogP) is 5.36. The molecular formula is C23H19BrClFN2O4. The summed E-state index contributed by atoms with van der Waals surface area (Å²) < 4.78 is 30.9. The highest BCUT2D eigenvalue weighted by molar-refractivity contribution is 9.10. The summed E-state index contributed by atoms with van der Waals surface area (Å²) in [6.45, 7) is -0.159. The van der Waals surface area contributed by atoms with Gasteiger partial charge in [0, 0.05) is 10.6 Å². The molecule has 32 heavy (non-hydrogen) atoms. The van der Waals surface area contributed by atoms with Gasteiger partial charge in [0.2, 0.25) is 0 Å². The molecule has 0 fully saturated rings. The van der Waals surface area contributed by atoms with Gasteiger partial charge in [0.05, 0.1) is 17.8 Å². The Hall–Kier alpha value is -3.10. The number of hydrazone groups is 1. The average Bonchev–Trinajstić information content (AvgIpc) is 2.78. The third-order valence-corrected chi connectivity index (χ3v) is 5.01. The van der Waals surface area contributed by atoms with Crippen LogP contribution in [0.3, 0.4) is 0 Å². The summed E-state index contributed by atoms with van der Waals surface area (Å²) in [4.78, 5) is 11.9. The van der Waals surface area contributed by atoms with E-state index in [9.17, 15) is 9.18 Å². The van der Waals surface area contributed by atoms with Crippen LogP contribution in [0.1, 0.15) is 11.1 Å². The first-order chi connectivity index (χ1) is 15.5. The number of ether oxygens (including phenoxy) is 3. The third kappa shape index (κ3) is 6.70. The Kier molecular flexibility index (Phi) is 8.47. The monoisotopic (exact) mass is 520 g/mol. The first-order valence-electron chi connectivity index (χ1n) is 9.40. The summed E-state index contributed by atoms with van der Waals surface area (Å²) in [7, 11) is 1.49. The Balaban J connectivity index is 1.58. The molecule has 1 amide bonds. The quantitative estimate of drug-likeness (QED) is 0.304. The van der Waals surface area contributed by atoms with E-state index in [0.717, 1.165) is 0 Å². The molecule has 3 rings (SSSR count). The third-order valence-electron chi connectivity index (χ3n) is 4.17. The van der Waals surface area contributed by atoms with Crippen molar-refractivity contribution in [3.05, 3.63) is 87.1 Å². The first-order valence-corrected chi connectivity index (χ1v) is 10.6. The maximum Gasteiger partial charge on any atom is 0.277 e. The second kappa shape index (κ2) is 11.5. The van der Waals surface area contributed by atoms with Crippen LogP contribution < -0.4 is 19.6 Å². The van der Waals surface area contributed by atoms with Gasteiger partial charge in [0.25, 0.3) is 5.91 Å². The molecular weight excluding hydrogens is 503 g/mol. The van der Waals surface area contributed by atoms with Crippen molar-refractivity contribution in [3.63, 3.8) is 0 Å². The fraction of sp³-hybridized carbons (Fsp3) is 0.130. The second-order valence-electron chi connectivity index (χ2n) is 6.45. The molecule has 0 spiro atoms. The van der Waals surface area contributed by atoms with Gasteiger partial charge in [-0.3, -0.25) is 4.79 Å². The van der Waals surface area contributed by atoms with E-state index >= 15 is 0 Å². The van der Waals surface area contributed by atoms with Gasteiger partial charge in [-0.05, 0) is 64.0 Å². The molecule has 3 aromatic rings. The Morgan fingerprint density at radius 2 is 1.91 bits per heavy atom. The Morgan fingerprint density at radius 3 is 2.62 bits per heavy atom. The van der Waals surface area contributed by atoms with Crippen molar-refractivity contribution in [3.8, 4) is 17.2 Å². The molecule has 0 saturated heterocycles. The van der Waals surface area contributed by atoms with E-state index in [0.29, 0.717) is 37.9 Å². The second-order valence-corrected chi connectivity index (χ2v) is 7.74. The van der Waals surface area contributed by atoms with Gasteiger partial charge in [-0.2, -0.15) is 5.10 Å². The summed E-state index contributed by atoms with van der Waals surface area (Å²) in [5.41, 5.74) is 3.46. The lowest BCUT2D eigenvalue weighted by Gasteiger charge is -2.14. The highest BCUT2D eigenvalue weighted by Crippen LogP contribution is 2.37. The molecule has 0 atom stereocenters. The molecule has 0 aliphatic rings.